The summed E-state index contributed by atoms with van der Waals surface area (Å²) in [4.78, 5) is 14.9. The van der Waals surface area contributed by atoms with Crippen LogP contribution < -0.4 is 20.7 Å². The third kappa shape index (κ3) is 6.11. The number of ether oxygens (including phenoxy) is 1. The molecule has 0 amide bonds. The third-order valence-corrected chi connectivity index (χ3v) is 7.94. The van der Waals surface area contributed by atoms with E-state index in [1.165, 1.54) is 12.1 Å². The number of alkyl halides is 3. The number of nitrogens with one attached hydrogen (secondary N) is 2. The Balaban J connectivity index is 1.14. The lowest BCUT2D eigenvalue weighted by Crippen LogP contribution is -2.36. The maximum Gasteiger partial charge on any atom is 0.417 e. The van der Waals surface area contributed by atoms with Crippen molar-refractivity contribution in [2.75, 3.05) is 48.2 Å². The lowest BCUT2D eigenvalue weighted by molar-refractivity contribution is -0.137. The van der Waals surface area contributed by atoms with Crippen molar-refractivity contribution in [3.8, 4) is 11.1 Å². The molecule has 216 valence electrons. The quantitative estimate of drug-likeness (QED) is 0.184. The van der Waals surface area contributed by atoms with E-state index < -0.39 is 11.7 Å². The van der Waals surface area contributed by atoms with Gasteiger partial charge < -0.3 is 15.0 Å². The van der Waals surface area contributed by atoms with E-state index in [1.54, 1.807) is 17.3 Å². The summed E-state index contributed by atoms with van der Waals surface area (Å²) in [6.45, 7) is 2.93. The molecule has 0 radical (unpaired) electrons. The molecule has 4 heterocycles. The fraction of sp³-hybridized carbons (Fsp3) is 0.207. The number of anilines is 4. The van der Waals surface area contributed by atoms with Gasteiger partial charge >= 0.3 is 6.18 Å². The Labute approximate surface area is 252 Å². The minimum Gasteiger partial charge on any atom is -0.378 e. The van der Waals surface area contributed by atoms with Gasteiger partial charge in [-0.1, -0.05) is 0 Å². The van der Waals surface area contributed by atoms with Gasteiger partial charge in [-0.2, -0.15) is 13.2 Å². The fourth-order valence-corrected chi connectivity index (χ4v) is 5.44. The molecule has 0 spiro atoms. The van der Waals surface area contributed by atoms with Crippen molar-refractivity contribution in [1.82, 2.24) is 15.4 Å². The predicted octanol–water partition coefficient (Wildman–Crippen LogP) is 6.22. The zero-order chi connectivity index (χ0) is 29.3. The van der Waals surface area contributed by atoms with Gasteiger partial charge in [0.25, 0.3) is 0 Å². The number of pyridine rings is 2. The van der Waals surface area contributed by atoms with E-state index in [1.807, 2.05) is 36.4 Å². The lowest BCUT2D eigenvalue weighted by atomic mass is 10.1. The van der Waals surface area contributed by atoms with Gasteiger partial charge in [0.2, 0.25) is 0 Å². The largest absolute Gasteiger partial charge is 0.417 e. The van der Waals surface area contributed by atoms with Crippen molar-refractivity contribution in [3.05, 3.63) is 93.7 Å². The molecule has 2 aromatic carbocycles. The molecule has 0 unspecified atom stereocenters. The molecule has 0 bridgehead atoms. The second-order valence-electron chi connectivity index (χ2n) is 9.61. The van der Waals surface area contributed by atoms with Gasteiger partial charge in [0.05, 0.1) is 28.0 Å². The molecule has 2 aliphatic heterocycles. The average molecular weight is 689 g/mol. The first-order valence-corrected chi connectivity index (χ1v) is 14.1. The summed E-state index contributed by atoms with van der Waals surface area (Å²) in [5.41, 5.74) is 6.63. The smallest absolute Gasteiger partial charge is 0.378 e. The lowest BCUT2D eigenvalue weighted by Gasteiger charge is -2.29. The second-order valence-corrected chi connectivity index (χ2v) is 10.7. The summed E-state index contributed by atoms with van der Waals surface area (Å²) >= 11 is 2.22. The zero-order valence-corrected chi connectivity index (χ0v) is 24.2. The molecule has 0 atom stereocenters. The fourth-order valence-electron chi connectivity index (χ4n) is 4.68. The van der Waals surface area contributed by atoms with E-state index in [0.717, 1.165) is 44.0 Å². The number of rotatable bonds is 6. The predicted molar refractivity (Wildman–Crippen MR) is 161 cm³/mol. The van der Waals surface area contributed by atoms with E-state index in [4.69, 9.17) is 4.74 Å². The molecule has 6 rings (SSSR count). The van der Waals surface area contributed by atoms with E-state index in [2.05, 4.69) is 53.2 Å². The molecule has 1 fully saturated rings. The summed E-state index contributed by atoms with van der Waals surface area (Å²) in [6.07, 6.45) is -1.96. The summed E-state index contributed by atoms with van der Waals surface area (Å²) in [6, 6.07) is 16.7. The minimum absolute atomic E-state index is 0.270. The number of hydrogen-bond donors (Lipinski definition) is 2. The highest BCUT2D eigenvalue weighted by Gasteiger charge is 2.31. The van der Waals surface area contributed by atoms with Gasteiger partial charge in [0.15, 0.2) is 5.84 Å². The molecule has 13 heteroatoms. The van der Waals surface area contributed by atoms with Gasteiger partial charge in [0, 0.05) is 42.4 Å². The minimum atomic E-state index is -4.45. The SMILES string of the molecule is Fc1cc(-c2ccnc(Nc3ccc(N4CN=C(c5ccc(C(F)(F)F)cn5)N4)cc3)c2I)cc(N2CCOCC2)c1. The van der Waals surface area contributed by atoms with Gasteiger partial charge in [-0.25, -0.2) is 14.4 Å². The highest BCUT2D eigenvalue weighted by molar-refractivity contribution is 14.1. The van der Waals surface area contributed by atoms with Crippen LogP contribution in [0.3, 0.4) is 0 Å². The van der Waals surface area contributed by atoms with Crippen LogP contribution in [0.5, 0.6) is 0 Å². The van der Waals surface area contributed by atoms with Crippen LogP contribution in [0.25, 0.3) is 11.1 Å². The van der Waals surface area contributed by atoms with Crippen molar-refractivity contribution in [2.45, 2.75) is 6.18 Å². The van der Waals surface area contributed by atoms with Crippen LogP contribution in [0.2, 0.25) is 0 Å². The van der Waals surface area contributed by atoms with E-state index in [-0.39, 0.29) is 12.5 Å². The number of hydrazine groups is 1. The average Bonchev–Trinajstić information content (AvgIpc) is 3.49. The first-order valence-electron chi connectivity index (χ1n) is 13.0. The highest BCUT2D eigenvalue weighted by atomic mass is 127. The molecule has 8 nitrogen and oxygen atoms in total. The van der Waals surface area contributed by atoms with E-state index in [0.29, 0.717) is 43.7 Å². The van der Waals surface area contributed by atoms with Crippen LogP contribution in [0.4, 0.5) is 40.4 Å². The number of hydrogen-bond acceptors (Lipinski definition) is 8. The Morgan fingerprint density at radius 2 is 1.71 bits per heavy atom. The first-order chi connectivity index (χ1) is 20.2. The molecule has 42 heavy (non-hydrogen) atoms. The number of aromatic nitrogens is 2. The number of aliphatic imine (C=N–C) groups is 1. The van der Waals surface area contributed by atoms with Crippen molar-refractivity contribution >= 4 is 51.3 Å². The van der Waals surface area contributed by atoms with Gasteiger partial charge in [0.1, 0.15) is 24.0 Å². The van der Waals surface area contributed by atoms with E-state index in [9.17, 15) is 17.6 Å². The molecule has 2 N–H and O–H groups in total. The maximum atomic E-state index is 14.6. The number of benzene rings is 2. The first kappa shape index (κ1) is 28.2. The molecule has 2 aliphatic rings. The van der Waals surface area contributed by atoms with Crippen molar-refractivity contribution < 1.29 is 22.3 Å². The van der Waals surface area contributed by atoms with Crippen molar-refractivity contribution in [2.24, 2.45) is 4.99 Å². The standard InChI is InChI=1S/C29H24F4IN7O/c30-20-13-18(14-23(15-20)40-9-11-42-12-10-40)24-7-8-35-28(26(24)34)38-21-2-4-22(5-3-21)41-17-37-27(39-41)25-6-1-19(16-36-25)29(31,32)33/h1-8,13-16H,9-12,17H2,(H,35,38)(H,37,39). The molecule has 4 aromatic rings. The monoisotopic (exact) mass is 689 g/mol. The molecule has 1 saturated heterocycles. The van der Waals surface area contributed by atoms with Gasteiger partial charge in [-0.05, 0) is 88.8 Å². The Morgan fingerprint density at radius 1 is 0.929 bits per heavy atom. The molecule has 0 aliphatic carbocycles. The number of nitrogens with zero attached hydrogens (tertiary/aromatic N) is 5. The summed E-state index contributed by atoms with van der Waals surface area (Å²) in [7, 11) is 0. The number of amidine groups is 1. The van der Waals surface area contributed by atoms with Crippen LogP contribution in [0.15, 0.2) is 78.0 Å². The maximum absolute atomic E-state index is 14.6. The Bertz CT molecular complexity index is 1610. The number of halogens is 5. The van der Waals surface area contributed by atoms with Crippen LogP contribution >= 0.6 is 22.6 Å². The van der Waals surface area contributed by atoms with Gasteiger partial charge in [-0.15, -0.1) is 0 Å². The van der Waals surface area contributed by atoms with Crippen LogP contribution in [-0.2, 0) is 10.9 Å². The second kappa shape index (κ2) is 11.7. The van der Waals surface area contributed by atoms with Crippen LogP contribution in [-0.4, -0.2) is 48.8 Å². The highest BCUT2D eigenvalue weighted by Crippen LogP contribution is 2.34. The Morgan fingerprint density at radius 3 is 2.43 bits per heavy atom. The van der Waals surface area contributed by atoms with Crippen LogP contribution in [0, 0.1) is 9.39 Å². The molecule has 0 saturated carbocycles. The summed E-state index contributed by atoms with van der Waals surface area (Å²) in [5.74, 6) is 0.718. The molecule has 2 aromatic heterocycles. The van der Waals surface area contributed by atoms with Gasteiger partial charge in [-0.3, -0.25) is 15.4 Å². The zero-order valence-electron chi connectivity index (χ0n) is 22.0. The number of morpholine rings is 1. The molecular weight excluding hydrogens is 665 g/mol. The Hall–Kier alpha value is -3.98. The summed E-state index contributed by atoms with van der Waals surface area (Å²) < 4.78 is 59.4. The van der Waals surface area contributed by atoms with Crippen molar-refractivity contribution in [3.63, 3.8) is 0 Å². The normalized spacial score (nSPS) is 15.4. The molecular formula is C29H24F4IN7O. The summed E-state index contributed by atoms with van der Waals surface area (Å²) in [5, 5.41) is 5.10. The van der Waals surface area contributed by atoms with Crippen molar-refractivity contribution in [1.29, 1.82) is 0 Å². The Kier molecular flexibility index (Phi) is 7.86. The third-order valence-electron chi connectivity index (χ3n) is 6.85. The van der Waals surface area contributed by atoms with E-state index >= 15 is 0 Å². The topological polar surface area (TPSA) is 77.9 Å². The van der Waals surface area contributed by atoms with Crippen LogP contribution in [0.1, 0.15) is 11.3 Å².